The lowest BCUT2D eigenvalue weighted by atomic mass is 9.90. The molecule has 3 rings (SSSR count). The number of alkyl halides is 9. The van der Waals surface area contributed by atoms with Gasteiger partial charge in [0.15, 0.2) is 0 Å². The number of sulfonamides is 1. The van der Waals surface area contributed by atoms with E-state index in [9.17, 15) is 52.7 Å². The van der Waals surface area contributed by atoms with E-state index in [2.05, 4.69) is 34.2 Å². The monoisotopic (exact) mass is 665 g/mol. The molecule has 0 atom stereocenters. The van der Waals surface area contributed by atoms with Crippen molar-refractivity contribution in [2.24, 2.45) is 5.73 Å². The van der Waals surface area contributed by atoms with Crippen LogP contribution in [0, 0.1) is 11.8 Å². The van der Waals surface area contributed by atoms with Crippen molar-refractivity contribution in [2.45, 2.75) is 33.9 Å². The predicted octanol–water partition coefficient (Wildman–Crippen LogP) is 4.15. The number of piperazine rings is 1. The Labute approximate surface area is 243 Å². The number of carbonyl (C=O) groups excluding carboxylic acids is 1. The van der Waals surface area contributed by atoms with Crippen LogP contribution in [0.3, 0.4) is 0 Å². The van der Waals surface area contributed by atoms with Crippen molar-refractivity contribution in [3.63, 3.8) is 0 Å². The van der Waals surface area contributed by atoms with Crippen molar-refractivity contribution >= 4 is 34.3 Å². The molecule has 0 radical (unpaired) electrons. The standard InChI is InChI=1S/C24H20F9N3O5S2/c25-22(26,27)20(37)40-41-21(23(28,29)30,24(31,32)33)16-7-8-17(15(14-16)4-3-9-34)35-10-12-36(13-11-35)43(38,39)19-6-2-1-5-18(19)42/h1-2,5-8,14,42H,9-13,34H2. The molecular formula is C24H20F9N3O5S2. The van der Waals surface area contributed by atoms with Gasteiger partial charge in [-0.05, 0) is 24.3 Å². The summed E-state index contributed by atoms with van der Waals surface area (Å²) in [6, 6.07) is 7.17. The van der Waals surface area contributed by atoms with Gasteiger partial charge in [0, 0.05) is 42.2 Å². The molecule has 0 saturated carbocycles. The van der Waals surface area contributed by atoms with Crippen LogP contribution in [0.15, 0.2) is 52.3 Å². The van der Waals surface area contributed by atoms with Crippen molar-refractivity contribution in [3.8, 4) is 11.8 Å². The Kier molecular flexibility index (Phi) is 9.92. The summed E-state index contributed by atoms with van der Waals surface area (Å²) in [7, 11) is -4.01. The topological polar surface area (TPSA) is 102 Å². The number of carbonyl (C=O) groups is 1. The molecule has 236 valence electrons. The van der Waals surface area contributed by atoms with E-state index in [1.165, 1.54) is 23.1 Å². The average Bonchev–Trinajstić information content (AvgIpc) is 2.90. The van der Waals surface area contributed by atoms with Crippen LogP contribution >= 0.6 is 12.6 Å². The number of anilines is 1. The van der Waals surface area contributed by atoms with Gasteiger partial charge in [-0.15, -0.1) is 12.6 Å². The van der Waals surface area contributed by atoms with E-state index in [0.29, 0.717) is 0 Å². The fourth-order valence-corrected chi connectivity index (χ4v) is 6.05. The normalized spacial score (nSPS) is 15.6. The number of rotatable bonds is 6. The highest BCUT2D eigenvalue weighted by molar-refractivity contribution is 7.90. The average molecular weight is 666 g/mol. The van der Waals surface area contributed by atoms with Crippen LogP contribution in [-0.4, -0.2) is 69.9 Å². The summed E-state index contributed by atoms with van der Waals surface area (Å²) in [6.45, 7) is -0.868. The SMILES string of the molecule is NCC#Cc1cc(C(OOC(=O)C(F)(F)F)(C(F)(F)F)C(F)(F)F)ccc1N1CCN(S(=O)(=O)c2ccccc2S)CC1. The largest absolute Gasteiger partial charge is 0.494 e. The molecule has 0 bridgehead atoms. The van der Waals surface area contributed by atoms with Crippen LogP contribution in [0.1, 0.15) is 11.1 Å². The van der Waals surface area contributed by atoms with Crippen molar-refractivity contribution in [2.75, 3.05) is 37.6 Å². The minimum absolute atomic E-state index is 0.0399. The zero-order valence-corrected chi connectivity index (χ0v) is 23.1. The predicted molar refractivity (Wildman–Crippen MR) is 134 cm³/mol. The first-order chi connectivity index (χ1) is 19.8. The first-order valence-corrected chi connectivity index (χ1v) is 13.6. The van der Waals surface area contributed by atoms with Gasteiger partial charge in [-0.25, -0.2) is 13.2 Å². The highest BCUT2D eigenvalue weighted by Crippen LogP contribution is 2.53. The third kappa shape index (κ3) is 6.98. The highest BCUT2D eigenvalue weighted by atomic mass is 32.2. The Balaban J connectivity index is 2.03. The third-order valence-electron chi connectivity index (χ3n) is 6.06. The molecule has 0 unspecified atom stereocenters. The Bertz CT molecular complexity index is 1500. The molecule has 2 aromatic rings. The second-order valence-electron chi connectivity index (χ2n) is 8.73. The van der Waals surface area contributed by atoms with Crippen LogP contribution < -0.4 is 10.6 Å². The van der Waals surface area contributed by atoms with Gasteiger partial charge < -0.3 is 10.6 Å². The highest BCUT2D eigenvalue weighted by Gasteiger charge is 2.76. The van der Waals surface area contributed by atoms with Crippen molar-refractivity contribution in [1.29, 1.82) is 0 Å². The lowest BCUT2D eigenvalue weighted by molar-refractivity contribution is -0.478. The lowest BCUT2D eigenvalue weighted by Gasteiger charge is -2.37. The smallest absolute Gasteiger partial charge is 0.368 e. The minimum atomic E-state index is -6.50. The molecule has 1 heterocycles. The van der Waals surface area contributed by atoms with Crippen molar-refractivity contribution < 1.29 is 62.5 Å². The molecule has 2 N–H and O–H groups in total. The van der Waals surface area contributed by atoms with E-state index in [1.54, 1.807) is 6.07 Å². The molecular weight excluding hydrogens is 645 g/mol. The maximum absolute atomic E-state index is 14.0. The number of halogens is 9. The Morgan fingerprint density at radius 3 is 2.02 bits per heavy atom. The van der Waals surface area contributed by atoms with Gasteiger partial charge >= 0.3 is 30.1 Å². The molecule has 2 aromatic carbocycles. The molecule has 19 heteroatoms. The van der Waals surface area contributed by atoms with E-state index in [0.717, 1.165) is 10.4 Å². The zero-order valence-electron chi connectivity index (χ0n) is 21.3. The summed E-state index contributed by atoms with van der Waals surface area (Å²) < 4.78 is 149. The fraction of sp³-hybridized carbons (Fsp3) is 0.375. The summed E-state index contributed by atoms with van der Waals surface area (Å²) in [5, 5.41) is 0. The fourth-order valence-electron chi connectivity index (χ4n) is 4.04. The molecule has 43 heavy (non-hydrogen) atoms. The number of benzene rings is 2. The van der Waals surface area contributed by atoms with E-state index in [4.69, 9.17) is 5.73 Å². The number of nitrogens with two attached hydrogens (primary N) is 1. The summed E-state index contributed by atoms with van der Waals surface area (Å²) >= 11 is 4.15. The first-order valence-electron chi connectivity index (χ1n) is 11.7. The second kappa shape index (κ2) is 12.4. The van der Waals surface area contributed by atoms with E-state index in [-0.39, 0.29) is 60.3 Å². The summed E-state index contributed by atoms with van der Waals surface area (Å²) in [5.41, 5.74) is -2.57. The number of nitrogens with zero attached hydrogens (tertiary/aromatic N) is 2. The Hall–Kier alpha value is -3.18. The van der Waals surface area contributed by atoms with Crippen molar-refractivity contribution in [1.82, 2.24) is 4.31 Å². The zero-order chi connectivity index (χ0) is 32.4. The lowest BCUT2D eigenvalue weighted by Crippen LogP contribution is -2.56. The number of thiol groups is 1. The molecule has 1 fully saturated rings. The summed E-state index contributed by atoms with van der Waals surface area (Å²) in [5.74, 6) is 1.12. The van der Waals surface area contributed by atoms with Gasteiger partial charge in [0.05, 0.1) is 17.1 Å². The van der Waals surface area contributed by atoms with Crippen LogP contribution in [0.25, 0.3) is 0 Å². The molecule has 0 spiro atoms. The minimum Gasteiger partial charge on any atom is -0.368 e. The summed E-state index contributed by atoms with van der Waals surface area (Å²) in [4.78, 5) is 18.8. The Morgan fingerprint density at radius 2 is 1.51 bits per heavy atom. The van der Waals surface area contributed by atoms with Crippen LogP contribution in [0.4, 0.5) is 45.2 Å². The molecule has 8 nitrogen and oxygen atoms in total. The number of hydrogen-bond donors (Lipinski definition) is 2. The molecule has 0 aromatic heterocycles. The van der Waals surface area contributed by atoms with Gasteiger partial charge in [0.25, 0.3) is 0 Å². The Morgan fingerprint density at radius 1 is 0.930 bits per heavy atom. The van der Waals surface area contributed by atoms with E-state index >= 15 is 0 Å². The molecule has 1 saturated heterocycles. The maximum atomic E-state index is 14.0. The van der Waals surface area contributed by atoms with Crippen molar-refractivity contribution in [3.05, 3.63) is 53.6 Å². The van der Waals surface area contributed by atoms with Crippen LogP contribution in [0.2, 0.25) is 0 Å². The number of hydrogen-bond acceptors (Lipinski definition) is 8. The van der Waals surface area contributed by atoms with Crippen LogP contribution in [-0.2, 0) is 30.2 Å². The van der Waals surface area contributed by atoms with Gasteiger partial charge in [-0.1, -0.05) is 30.0 Å². The molecule has 0 amide bonds. The quantitative estimate of drug-likeness (QED) is 0.157. The second-order valence-corrected chi connectivity index (χ2v) is 11.1. The summed E-state index contributed by atoms with van der Waals surface area (Å²) in [6.07, 6.45) is -19.0. The third-order valence-corrected chi connectivity index (χ3v) is 8.56. The van der Waals surface area contributed by atoms with E-state index < -0.39 is 51.2 Å². The molecule has 0 aliphatic carbocycles. The molecule has 1 aliphatic rings. The van der Waals surface area contributed by atoms with Crippen LogP contribution in [0.5, 0.6) is 0 Å². The van der Waals surface area contributed by atoms with E-state index in [1.807, 2.05) is 0 Å². The van der Waals surface area contributed by atoms with Gasteiger partial charge in [0.2, 0.25) is 10.0 Å². The van der Waals surface area contributed by atoms with Gasteiger partial charge in [-0.3, -0.25) is 4.89 Å². The first kappa shape index (κ1) is 34.3. The van der Waals surface area contributed by atoms with Gasteiger partial charge in [0.1, 0.15) is 0 Å². The molecule has 1 aliphatic heterocycles. The maximum Gasteiger partial charge on any atom is 0.494 e. The van der Waals surface area contributed by atoms with Gasteiger partial charge in [-0.2, -0.15) is 48.7 Å².